The third kappa shape index (κ3) is 16.2. The van der Waals surface area contributed by atoms with Crippen LogP contribution >= 0.6 is 7.82 Å². The number of hydrogen-bond donors (Lipinski definition) is 6. The Morgan fingerprint density at radius 1 is 0.762 bits per heavy atom. The Kier molecular flexibility index (Phi) is 20.0. The first kappa shape index (κ1) is 38.3. The second-order valence-electron chi connectivity index (χ2n) is 10.1. The molecule has 242 valence electrons. The van der Waals surface area contributed by atoms with Crippen molar-refractivity contribution < 1.29 is 58.7 Å². The molecule has 1 aliphatic carbocycles. The van der Waals surface area contributed by atoms with Gasteiger partial charge in [-0.1, -0.05) is 68.4 Å². The minimum Gasteiger partial charge on any atom is -0.756 e. The number of hydrogen-bond acceptors (Lipinski definition) is 12. The zero-order valence-corrected chi connectivity index (χ0v) is 25.1. The van der Waals surface area contributed by atoms with E-state index in [9.17, 15) is 44.9 Å². The molecular weight excluding hydrogens is 571 g/mol. The van der Waals surface area contributed by atoms with E-state index in [1.165, 1.54) is 19.3 Å². The summed E-state index contributed by atoms with van der Waals surface area (Å²) in [5.41, 5.74) is 0. The smallest absolute Gasteiger partial charge is 0.305 e. The summed E-state index contributed by atoms with van der Waals surface area (Å²) in [5.74, 6) is -0.582. The van der Waals surface area contributed by atoms with E-state index in [2.05, 4.69) is 52.4 Å². The van der Waals surface area contributed by atoms with Crippen LogP contribution in [0.25, 0.3) is 0 Å². The molecule has 0 spiro atoms. The summed E-state index contributed by atoms with van der Waals surface area (Å²) >= 11 is 0. The van der Waals surface area contributed by atoms with Gasteiger partial charge in [0, 0.05) is 6.42 Å². The fourth-order valence-electron chi connectivity index (χ4n) is 3.91. The van der Waals surface area contributed by atoms with Gasteiger partial charge in [0.2, 0.25) is 0 Å². The lowest BCUT2D eigenvalue weighted by atomic mass is 9.85. The molecular formula is C29H48O12P-. The molecule has 6 unspecified atom stereocenters. The Morgan fingerprint density at radius 3 is 1.76 bits per heavy atom. The van der Waals surface area contributed by atoms with Gasteiger partial charge < -0.3 is 49.3 Å². The Hall–Kier alpha value is -1.70. The molecule has 13 heteroatoms. The largest absolute Gasteiger partial charge is 0.756 e. The molecule has 0 aromatic carbocycles. The number of carbonyl (C=O) groups excluding carboxylic acids is 1. The van der Waals surface area contributed by atoms with Crippen molar-refractivity contribution in [2.45, 2.75) is 114 Å². The van der Waals surface area contributed by atoms with Crippen molar-refractivity contribution in [3.05, 3.63) is 48.6 Å². The lowest BCUT2D eigenvalue weighted by molar-refractivity contribution is -0.261. The average Bonchev–Trinajstić information content (AvgIpc) is 2.96. The summed E-state index contributed by atoms with van der Waals surface area (Å²) in [5, 5.41) is 58.4. The summed E-state index contributed by atoms with van der Waals surface area (Å²) in [4.78, 5) is 23.9. The van der Waals surface area contributed by atoms with Crippen LogP contribution in [0.4, 0.5) is 0 Å². The molecule has 0 aromatic rings. The number of ether oxygens (including phenoxy) is 1. The first-order chi connectivity index (χ1) is 20.0. The van der Waals surface area contributed by atoms with Crippen molar-refractivity contribution in [1.29, 1.82) is 0 Å². The zero-order chi connectivity index (χ0) is 31.4. The van der Waals surface area contributed by atoms with E-state index >= 15 is 0 Å². The molecule has 0 radical (unpaired) electrons. The first-order valence-corrected chi connectivity index (χ1v) is 15.9. The molecule has 0 heterocycles. The van der Waals surface area contributed by atoms with Crippen LogP contribution in [0.3, 0.4) is 0 Å². The first-order valence-electron chi connectivity index (χ1n) is 14.5. The molecule has 1 aliphatic rings. The van der Waals surface area contributed by atoms with Gasteiger partial charge in [-0.05, 0) is 44.9 Å². The number of carbonyl (C=O) groups is 1. The third-order valence-electron chi connectivity index (χ3n) is 6.39. The van der Waals surface area contributed by atoms with Crippen molar-refractivity contribution in [1.82, 2.24) is 0 Å². The summed E-state index contributed by atoms with van der Waals surface area (Å²) in [6.45, 7) is 0.802. The van der Waals surface area contributed by atoms with Crippen LogP contribution in [0.15, 0.2) is 48.6 Å². The van der Waals surface area contributed by atoms with Crippen molar-refractivity contribution in [2.75, 3.05) is 13.2 Å². The quantitative estimate of drug-likeness (QED) is 0.0470. The molecule has 1 fully saturated rings. The molecule has 0 aliphatic heterocycles. The Morgan fingerprint density at radius 2 is 1.24 bits per heavy atom. The average molecular weight is 620 g/mol. The van der Waals surface area contributed by atoms with E-state index in [4.69, 9.17) is 4.74 Å². The number of phosphoric ester groups is 1. The highest BCUT2D eigenvalue weighted by Gasteiger charge is 2.50. The summed E-state index contributed by atoms with van der Waals surface area (Å²) in [6.07, 6.45) is 12.2. The normalized spacial score (nSPS) is 27.3. The highest BCUT2D eigenvalue weighted by atomic mass is 31.2. The Labute approximate surface area is 248 Å². The maximum atomic E-state index is 12.0. The second kappa shape index (κ2) is 21.9. The van der Waals surface area contributed by atoms with Crippen molar-refractivity contribution in [3.63, 3.8) is 0 Å². The summed E-state index contributed by atoms with van der Waals surface area (Å²) in [6, 6.07) is 0. The topological polar surface area (TPSA) is 206 Å². The Balaban J connectivity index is 2.15. The van der Waals surface area contributed by atoms with Gasteiger partial charge in [-0.2, -0.15) is 0 Å². The van der Waals surface area contributed by atoms with Crippen LogP contribution in [0.1, 0.15) is 71.1 Å². The van der Waals surface area contributed by atoms with Crippen LogP contribution in [-0.2, 0) is 23.1 Å². The van der Waals surface area contributed by atoms with Crippen LogP contribution in [0, 0.1) is 0 Å². The van der Waals surface area contributed by atoms with Gasteiger partial charge in [0.25, 0.3) is 7.82 Å². The van der Waals surface area contributed by atoms with Gasteiger partial charge >= 0.3 is 5.97 Å². The van der Waals surface area contributed by atoms with E-state index in [1.807, 2.05) is 12.2 Å². The lowest BCUT2D eigenvalue weighted by Gasteiger charge is -2.43. The predicted molar refractivity (Wildman–Crippen MR) is 154 cm³/mol. The van der Waals surface area contributed by atoms with E-state index in [1.54, 1.807) is 0 Å². The Bertz CT molecular complexity index is 889. The van der Waals surface area contributed by atoms with E-state index < -0.39 is 69.7 Å². The SMILES string of the molecule is CCCCC/C=C\C/C=C\C/C=C\C/C=C\CCCC(=O)OC[C@@H](O)COP(=O)([O-])OC1C(O)C(O)C(O)[C@@H](O)C1O. The van der Waals surface area contributed by atoms with Gasteiger partial charge in [-0.3, -0.25) is 9.36 Å². The third-order valence-corrected chi connectivity index (χ3v) is 7.36. The zero-order valence-electron chi connectivity index (χ0n) is 24.2. The predicted octanol–water partition coefficient (Wildman–Crippen LogP) is 1.72. The van der Waals surface area contributed by atoms with Gasteiger partial charge in [-0.15, -0.1) is 0 Å². The highest BCUT2D eigenvalue weighted by molar-refractivity contribution is 7.45. The monoisotopic (exact) mass is 619 g/mol. The number of aliphatic hydroxyl groups is 6. The maximum absolute atomic E-state index is 12.0. The summed E-state index contributed by atoms with van der Waals surface area (Å²) < 4.78 is 25.9. The second-order valence-corrected chi connectivity index (χ2v) is 11.4. The van der Waals surface area contributed by atoms with Crippen LogP contribution in [0.2, 0.25) is 0 Å². The van der Waals surface area contributed by atoms with Gasteiger partial charge in [0.15, 0.2) is 0 Å². The molecule has 0 saturated heterocycles. The van der Waals surface area contributed by atoms with Crippen molar-refractivity contribution in [2.24, 2.45) is 0 Å². The van der Waals surface area contributed by atoms with Gasteiger partial charge in [0.05, 0.1) is 6.61 Å². The van der Waals surface area contributed by atoms with Crippen LogP contribution < -0.4 is 4.89 Å². The fraction of sp³-hybridized carbons (Fsp3) is 0.690. The van der Waals surface area contributed by atoms with E-state index in [-0.39, 0.29) is 6.42 Å². The van der Waals surface area contributed by atoms with Gasteiger partial charge in [0.1, 0.15) is 49.3 Å². The maximum Gasteiger partial charge on any atom is 0.305 e. The number of rotatable bonds is 21. The number of unbranched alkanes of at least 4 members (excludes halogenated alkanes) is 4. The van der Waals surface area contributed by atoms with Crippen molar-refractivity contribution >= 4 is 13.8 Å². The molecule has 0 amide bonds. The van der Waals surface area contributed by atoms with Crippen LogP contribution in [0.5, 0.6) is 0 Å². The highest BCUT2D eigenvalue weighted by Crippen LogP contribution is 2.43. The van der Waals surface area contributed by atoms with E-state index in [0.29, 0.717) is 12.8 Å². The molecule has 0 bridgehead atoms. The van der Waals surface area contributed by atoms with Crippen molar-refractivity contribution in [3.8, 4) is 0 Å². The molecule has 12 nitrogen and oxygen atoms in total. The number of phosphoric acid groups is 1. The molecule has 0 aromatic heterocycles. The molecule has 1 rings (SSSR count). The van der Waals surface area contributed by atoms with E-state index in [0.717, 1.165) is 25.7 Å². The minimum atomic E-state index is -5.25. The van der Waals surface area contributed by atoms with Crippen LogP contribution in [-0.4, -0.2) is 92.5 Å². The minimum absolute atomic E-state index is 0.0999. The fourth-order valence-corrected chi connectivity index (χ4v) is 4.88. The molecule has 6 N–H and O–H groups in total. The standard InChI is InChI=1S/C29H49O12P/c1-2-3-4-5-6-7-8-9-10-11-12-13-14-15-16-17-18-19-23(31)39-20-22(30)21-40-42(37,38)41-29-27(35)25(33)24(32)26(34)28(29)36/h6-7,9-10,12-13,15-16,22,24-30,32-36H,2-5,8,11,14,17-21H2,1H3,(H,37,38)/p-1/b7-6-,10-9-,13-12-,16-15-/t22-,24?,25-,26?,27?,28?,29?/m1/s1. The van der Waals surface area contributed by atoms with Gasteiger partial charge in [-0.25, -0.2) is 0 Å². The summed E-state index contributed by atoms with van der Waals surface area (Å²) in [7, 11) is -5.25. The number of allylic oxidation sites excluding steroid dienone is 8. The molecule has 42 heavy (non-hydrogen) atoms. The number of aliphatic hydroxyl groups excluding tert-OH is 6. The number of esters is 1. The lowest BCUT2D eigenvalue weighted by Crippen LogP contribution is -2.64. The molecule has 8 atom stereocenters. The molecule has 1 saturated carbocycles.